The second-order valence-electron chi connectivity index (χ2n) is 3.31. The summed E-state index contributed by atoms with van der Waals surface area (Å²) < 4.78 is 0. The van der Waals surface area contributed by atoms with Crippen LogP contribution in [0.25, 0.3) is 0 Å². The van der Waals surface area contributed by atoms with Crippen LogP contribution in [-0.4, -0.2) is 31.0 Å². The van der Waals surface area contributed by atoms with Gasteiger partial charge >= 0.3 is 5.97 Å². The summed E-state index contributed by atoms with van der Waals surface area (Å²) in [6.07, 6.45) is 10.4. The van der Waals surface area contributed by atoms with Crippen LogP contribution in [0.4, 0.5) is 0 Å². The van der Waals surface area contributed by atoms with Gasteiger partial charge in [0.1, 0.15) is 5.69 Å². The van der Waals surface area contributed by atoms with Crippen molar-refractivity contribution in [1.29, 1.82) is 0 Å². The number of hydrogen-bond acceptors (Lipinski definition) is 4. The molecule has 6 heteroatoms. The zero-order chi connectivity index (χ0) is 14.5. The Morgan fingerprint density at radius 3 is 2.15 bits per heavy atom. The zero-order valence-electron chi connectivity index (χ0n) is 10.6. The molecule has 0 bridgehead atoms. The molecule has 0 spiro atoms. The maximum Gasteiger partial charge on any atom is 0.352 e. The molecule has 0 fully saturated rings. The molecule has 0 aliphatic heterocycles. The minimum Gasteiger partial charge on any atom is -0.477 e. The molecule has 20 heavy (non-hydrogen) atoms. The highest BCUT2D eigenvalue weighted by atomic mass is 16.4. The first-order chi connectivity index (χ1) is 9.80. The summed E-state index contributed by atoms with van der Waals surface area (Å²) in [5.74, 6) is -1.07. The summed E-state index contributed by atoms with van der Waals surface area (Å²) in [5, 5.41) is 8.95. The van der Waals surface area contributed by atoms with E-state index in [0.717, 1.165) is 0 Å². The lowest BCUT2D eigenvalue weighted by Crippen LogP contribution is -1.96. The lowest BCUT2D eigenvalue weighted by Gasteiger charge is -1.86. The van der Waals surface area contributed by atoms with Crippen LogP contribution >= 0.6 is 0 Å². The third-order valence-electron chi connectivity index (χ3n) is 1.88. The number of aromatic nitrogens is 4. The van der Waals surface area contributed by atoms with Gasteiger partial charge in [-0.1, -0.05) is 12.1 Å². The van der Waals surface area contributed by atoms with Gasteiger partial charge in [0.15, 0.2) is 0 Å². The Hall–Kier alpha value is -3.02. The number of nitrogens with zero attached hydrogens (tertiary/aromatic N) is 3. The molecular formula is C14H14N4O2. The number of rotatable bonds is 1. The average Bonchev–Trinajstić information content (AvgIpc) is 2.43. The summed E-state index contributed by atoms with van der Waals surface area (Å²) in [5.41, 5.74) is 0.0125. The molecule has 0 aliphatic rings. The monoisotopic (exact) mass is 270 g/mol. The van der Waals surface area contributed by atoms with E-state index < -0.39 is 5.97 Å². The van der Waals surface area contributed by atoms with Gasteiger partial charge in [0, 0.05) is 43.4 Å². The van der Waals surface area contributed by atoms with Gasteiger partial charge in [0.05, 0.1) is 0 Å². The molecule has 1 aromatic heterocycles. The minimum absolute atomic E-state index is 0.0125. The van der Waals surface area contributed by atoms with Gasteiger partial charge in [-0.25, -0.2) is 4.79 Å². The van der Waals surface area contributed by atoms with Crippen molar-refractivity contribution in [3.63, 3.8) is 0 Å². The Labute approximate surface area is 116 Å². The Morgan fingerprint density at radius 2 is 1.45 bits per heavy atom. The molecule has 1 aromatic rings. The van der Waals surface area contributed by atoms with Crippen molar-refractivity contribution in [2.45, 2.75) is 0 Å². The Morgan fingerprint density at radius 1 is 0.850 bits per heavy atom. The normalized spacial score (nSPS) is 8.40. The van der Waals surface area contributed by atoms with Crippen molar-refractivity contribution >= 4 is 5.97 Å². The summed E-state index contributed by atoms with van der Waals surface area (Å²) in [6, 6.07) is 8.25. The fraction of sp³-hybridized carbons (Fsp3) is 0. The van der Waals surface area contributed by atoms with Gasteiger partial charge in [0.25, 0.3) is 0 Å². The Balaban J connectivity index is 3.25. The highest BCUT2D eigenvalue weighted by Gasteiger charge is 1.96. The molecule has 0 amide bonds. The lowest BCUT2D eigenvalue weighted by molar-refractivity contribution is 0.0690. The molecule has 0 saturated heterocycles. The molecule has 1 rings (SSSR count). The number of carboxylic acid groups (broad SMARTS) is 1. The zero-order valence-corrected chi connectivity index (χ0v) is 10.6. The van der Waals surface area contributed by atoms with Crippen LogP contribution in [0.15, 0.2) is 73.7 Å². The summed E-state index contributed by atoms with van der Waals surface area (Å²) in [4.78, 5) is 25.3. The average molecular weight is 270 g/mol. The molecule has 0 aliphatic carbocycles. The van der Waals surface area contributed by atoms with Crippen molar-refractivity contribution in [1.82, 2.24) is 19.9 Å². The molecule has 1 heterocycles. The van der Waals surface area contributed by atoms with Crippen molar-refractivity contribution in [2.24, 2.45) is 0 Å². The molecule has 102 valence electrons. The van der Waals surface area contributed by atoms with E-state index in [4.69, 9.17) is 5.11 Å². The highest BCUT2D eigenvalue weighted by molar-refractivity contribution is 5.84. The van der Waals surface area contributed by atoms with Gasteiger partial charge in [-0.2, -0.15) is 0 Å². The van der Waals surface area contributed by atoms with Gasteiger partial charge in [-0.05, 0) is 18.2 Å². The summed E-state index contributed by atoms with van der Waals surface area (Å²) >= 11 is 0. The number of H-pyrrole nitrogens is 1. The van der Waals surface area contributed by atoms with Crippen molar-refractivity contribution in [2.75, 3.05) is 0 Å². The van der Waals surface area contributed by atoms with Crippen molar-refractivity contribution in [3.05, 3.63) is 79.4 Å². The molecule has 0 radical (unpaired) electrons. The maximum atomic E-state index is 10.9. The third kappa shape index (κ3) is 7.33. The first kappa shape index (κ1) is 15.0. The van der Waals surface area contributed by atoms with E-state index in [9.17, 15) is 4.79 Å². The smallest absolute Gasteiger partial charge is 0.352 e. The summed E-state index contributed by atoms with van der Waals surface area (Å²) in [6.45, 7) is 0. The van der Waals surface area contributed by atoms with E-state index in [1.807, 2.05) is 0 Å². The summed E-state index contributed by atoms with van der Waals surface area (Å²) in [7, 11) is 0. The van der Waals surface area contributed by atoms with Crippen molar-refractivity contribution in [3.8, 4) is 0 Å². The molecule has 0 aromatic carbocycles. The van der Waals surface area contributed by atoms with E-state index in [1.54, 1.807) is 30.5 Å². The standard InChI is InChI=1S/C14H14N4O2/c19-14(20)13-5-8-16-10-12-17-11-9-15-6-3-1-2-4-7-18-13/h1-12,18H,(H,19,20). The molecule has 2 N–H and O–H groups in total. The fourth-order valence-electron chi connectivity index (χ4n) is 1.02. The van der Waals surface area contributed by atoms with Crippen LogP contribution in [-0.2, 0) is 0 Å². The molecule has 0 atom stereocenters. The van der Waals surface area contributed by atoms with Gasteiger partial charge in [-0.3, -0.25) is 15.0 Å². The number of carbonyl (C=O) groups is 1. The van der Waals surface area contributed by atoms with Crippen LogP contribution < -0.4 is 0 Å². The SMILES string of the molecule is O=C(O)c1ccnccnccncccccc[nH]1. The van der Waals surface area contributed by atoms with Crippen LogP contribution in [0.3, 0.4) is 0 Å². The van der Waals surface area contributed by atoms with E-state index in [0.29, 0.717) is 0 Å². The number of carboxylic acids is 1. The maximum absolute atomic E-state index is 10.9. The number of aromatic carboxylic acids is 1. The molecule has 0 saturated carbocycles. The second-order valence-corrected chi connectivity index (χ2v) is 3.31. The highest BCUT2D eigenvalue weighted by Crippen LogP contribution is 1.86. The number of aromatic amines is 1. The first-order valence-electron chi connectivity index (χ1n) is 5.72. The largest absolute Gasteiger partial charge is 0.477 e. The minimum atomic E-state index is -1.07. The van der Waals surface area contributed by atoms with Crippen LogP contribution in [0.1, 0.15) is 10.5 Å². The predicted octanol–water partition coefficient (Wildman–Crippen LogP) is 2.27. The van der Waals surface area contributed by atoms with E-state index in [1.165, 1.54) is 43.2 Å². The number of hydrogen-bond donors (Lipinski definition) is 2. The van der Waals surface area contributed by atoms with Gasteiger partial charge < -0.3 is 10.1 Å². The lowest BCUT2D eigenvalue weighted by atomic mass is 10.4. The molecular weight excluding hydrogens is 256 g/mol. The third-order valence-corrected chi connectivity index (χ3v) is 1.88. The van der Waals surface area contributed by atoms with E-state index >= 15 is 0 Å². The van der Waals surface area contributed by atoms with Gasteiger partial charge in [-0.15, -0.1) is 0 Å². The molecule has 0 unspecified atom stereocenters. The quantitative estimate of drug-likeness (QED) is 0.816. The predicted molar refractivity (Wildman–Crippen MR) is 74.0 cm³/mol. The Bertz CT molecular complexity index is 553. The second kappa shape index (κ2) is 9.95. The Kier molecular flexibility index (Phi) is 7.49. The first-order valence-corrected chi connectivity index (χ1v) is 5.72. The van der Waals surface area contributed by atoms with E-state index in [2.05, 4.69) is 19.9 Å². The van der Waals surface area contributed by atoms with Crippen LogP contribution in [0.2, 0.25) is 0 Å². The molecule has 6 nitrogen and oxygen atoms in total. The van der Waals surface area contributed by atoms with Crippen LogP contribution in [0, 0.1) is 0 Å². The van der Waals surface area contributed by atoms with Crippen molar-refractivity contribution < 1.29 is 9.90 Å². The van der Waals surface area contributed by atoms with E-state index in [-0.39, 0.29) is 5.69 Å². The fourth-order valence-corrected chi connectivity index (χ4v) is 1.02. The number of nitrogens with one attached hydrogen (secondary N) is 1. The topological polar surface area (TPSA) is 91.8 Å². The van der Waals surface area contributed by atoms with Gasteiger partial charge in [0.2, 0.25) is 0 Å². The van der Waals surface area contributed by atoms with Crippen LogP contribution in [0.5, 0.6) is 0 Å².